The van der Waals surface area contributed by atoms with E-state index in [0.717, 1.165) is 25.7 Å². The Labute approximate surface area is 171 Å². The first-order valence-electron chi connectivity index (χ1n) is 10.6. The summed E-state index contributed by atoms with van der Waals surface area (Å²) >= 11 is 0. The first kappa shape index (κ1) is 21.7. The lowest BCUT2D eigenvalue weighted by atomic mass is 9.88. The number of ether oxygens (including phenoxy) is 2. The van der Waals surface area contributed by atoms with Gasteiger partial charge in [-0.15, -0.1) is 0 Å². The molecule has 2 atom stereocenters. The third-order valence-electron chi connectivity index (χ3n) is 5.59. The second kappa shape index (κ2) is 10.1. The Morgan fingerprint density at radius 3 is 2.41 bits per heavy atom. The molecule has 1 saturated heterocycles. The average molecular weight is 406 g/mol. The summed E-state index contributed by atoms with van der Waals surface area (Å²) in [6.07, 6.45) is 6.34. The van der Waals surface area contributed by atoms with Gasteiger partial charge in [-0.2, -0.15) is 0 Å². The Hall–Kier alpha value is -2.01. The highest BCUT2D eigenvalue weighted by Crippen LogP contribution is 2.36. The number of benzene rings is 2. The van der Waals surface area contributed by atoms with Crippen molar-refractivity contribution in [3.05, 3.63) is 53.3 Å². The van der Waals surface area contributed by atoms with Crippen LogP contribution in [0.4, 0.5) is 13.2 Å². The molecule has 29 heavy (non-hydrogen) atoms. The van der Waals surface area contributed by atoms with Gasteiger partial charge in [-0.05, 0) is 43.9 Å². The zero-order valence-electron chi connectivity index (χ0n) is 17.1. The third-order valence-corrected chi connectivity index (χ3v) is 5.59. The van der Waals surface area contributed by atoms with E-state index in [2.05, 4.69) is 6.92 Å². The summed E-state index contributed by atoms with van der Waals surface area (Å²) in [6, 6.07) is 7.19. The van der Waals surface area contributed by atoms with Gasteiger partial charge < -0.3 is 9.47 Å². The van der Waals surface area contributed by atoms with Crippen LogP contribution in [0.2, 0.25) is 0 Å². The molecule has 1 aliphatic rings. The van der Waals surface area contributed by atoms with E-state index in [1.54, 1.807) is 19.1 Å². The highest BCUT2D eigenvalue weighted by atomic mass is 19.2. The number of hydrogen-bond acceptors (Lipinski definition) is 2. The summed E-state index contributed by atoms with van der Waals surface area (Å²) in [5.41, 5.74) is 0.248. The van der Waals surface area contributed by atoms with E-state index >= 15 is 0 Å². The molecular weight excluding hydrogens is 377 g/mol. The lowest BCUT2D eigenvalue weighted by molar-refractivity contribution is -0.00277. The maximum Gasteiger partial charge on any atom is 0.167 e. The summed E-state index contributed by atoms with van der Waals surface area (Å²) in [7, 11) is 0. The van der Waals surface area contributed by atoms with Crippen LogP contribution in [0, 0.1) is 17.5 Å². The molecule has 0 aliphatic carbocycles. The molecule has 0 radical (unpaired) electrons. The topological polar surface area (TPSA) is 18.5 Å². The van der Waals surface area contributed by atoms with Crippen LogP contribution < -0.4 is 4.74 Å². The summed E-state index contributed by atoms with van der Waals surface area (Å²) in [5.74, 6) is -2.38. The maximum atomic E-state index is 14.8. The normalized spacial score (nSPS) is 19.3. The van der Waals surface area contributed by atoms with Crippen molar-refractivity contribution in [2.24, 2.45) is 0 Å². The third kappa shape index (κ3) is 5.13. The van der Waals surface area contributed by atoms with E-state index in [-0.39, 0.29) is 23.1 Å². The minimum absolute atomic E-state index is 0.0206. The molecule has 2 nitrogen and oxygen atoms in total. The smallest absolute Gasteiger partial charge is 0.167 e. The summed E-state index contributed by atoms with van der Waals surface area (Å²) in [5, 5.41) is 0. The van der Waals surface area contributed by atoms with Crippen LogP contribution in [0.15, 0.2) is 30.3 Å². The summed E-state index contributed by atoms with van der Waals surface area (Å²) < 4.78 is 55.2. The fourth-order valence-electron chi connectivity index (χ4n) is 3.96. The van der Waals surface area contributed by atoms with E-state index < -0.39 is 17.5 Å². The molecule has 2 aromatic rings. The van der Waals surface area contributed by atoms with Crippen LogP contribution in [0.1, 0.15) is 63.9 Å². The Bertz CT molecular complexity index is 814. The number of hydrogen-bond donors (Lipinski definition) is 0. The first-order valence-corrected chi connectivity index (χ1v) is 10.6. The molecule has 158 valence electrons. The minimum Gasteiger partial charge on any atom is -0.494 e. The molecule has 0 N–H and O–H groups in total. The Kier molecular flexibility index (Phi) is 7.59. The van der Waals surface area contributed by atoms with Crippen LogP contribution in [-0.2, 0) is 4.74 Å². The van der Waals surface area contributed by atoms with Gasteiger partial charge in [0.1, 0.15) is 11.6 Å². The molecule has 0 aromatic heterocycles. The van der Waals surface area contributed by atoms with Crippen LogP contribution >= 0.6 is 0 Å². The lowest BCUT2D eigenvalue weighted by Gasteiger charge is -2.30. The maximum absolute atomic E-state index is 14.8. The van der Waals surface area contributed by atoms with Crippen molar-refractivity contribution < 1.29 is 22.6 Å². The monoisotopic (exact) mass is 406 g/mol. The van der Waals surface area contributed by atoms with Crippen molar-refractivity contribution >= 4 is 0 Å². The summed E-state index contributed by atoms with van der Waals surface area (Å²) in [6.45, 7) is 4.75. The van der Waals surface area contributed by atoms with E-state index in [9.17, 15) is 13.2 Å². The zero-order chi connectivity index (χ0) is 20.8. The van der Waals surface area contributed by atoms with Gasteiger partial charge in [-0.25, -0.2) is 13.2 Å². The molecule has 0 saturated carbocycles. The predicted octanol–water partition coefficient (Wildman–Crippen LogP) is 7.01. The van der Waals surface area contributed by atoms with Crippen molar-refractivity contribution in [3.8, 4) is 16.9 Å². The van der Waals surface area contributed by atoms with Gasteiger partial charge in [-0.1, -0.05) is 38.3 Å². The molecule has 5 heteroatoms. The molecule has 2 unspecified atom stereocenters. The van der Waals surface area contributed by atoms with Gasteiger partial charge >= 0.3 is 0 Å². The molecule has 0 amide bonds. The van der Waals surface area contributed by atoms with Gasteiger partial charge in [0, 0.05) is 23.1 Å². The first-order chi connectivity index (χ1) is 14.0. The van der Waals surface area contributed by atoms with E-state index in [0.29, 0.717) is 24.5 Å². The van der Waals surface area contributed by atoms with Gasteiger partial charge in [0.15, 0.2) is 11.6 Å². The van der Waals surface area contributed by atoms with Gasteiger partial charge in [0.2, 0.25) is 0 Å². The molecule has 2 aromatic carbocycles. The average Bonchev–Trinajstić information content (AvgIpc) is 2.72. The molecular formula is C24H29F3O2. The van der Waals surface area contributed by atoms with E-state index in [1.807, 2.05) is 0 Å². The van der Waals surface area contributed by atoms with Crippen LogP contribution in [0.3, 0.4) is 0 Å². The molecule has 1 aliphatic heterocycles. The molecule has 0 bridgehead atoms. The largest absolute Gasteiger partial charge is 0.494 e. The molecule has 1 heterocycles. The number of rotatable bonds is 8. The molecule has 0 spiro atoms. The standard InChI is InChI=1S/C24H29F3O2/c1-3-5-6-7-17-9-8-16(15-29-17)19-12-13-21(24(27)23(19)26)20-11-10-18(28-4-2)14-22(20)25/h10-14,16-17H,3-9,15H2,1-2H3. The lowest BCUT2D eigenvalue weighted by Crippen LogP contribution is -2.25. The number of unbranched alkanes of at least 4 members (excludes halogenated alkanes) is 2. The zero-order valence-corrected chi connectivity index (χ0v) is 17.1. The fourth-order valence-corrected chi connectivity index (χ4v) is 3.96. The van der Waals surface area contributed by atoms with Crippen molar-refractivity contribution in [2.75, 3.05) is 13.2 Å². The Balaban J connectivity index is 1.74. The molecule has 1 fully saturated rings. The van der Waals surface area contributed by atoms with Crippen LogP contribution in [-0.4, -0.2) is 19.3 Å². The fraction of sp³-hybridized carbons (Fsp3) is 0.500. The molecule has 3 rings (SSSR count). The van der Waals surface area contributed by atoms with E-state index in [4.69, 9.17) is 9.47 Å². The second-order valence-corrected chi connectivity index (χ2v) is 7.63. The van der Waals surface area contributed by atoms with Gasteiger partial charge in [0.25, 0.3) is 0 Å². The van der Waals surface area contributed by atoms with Gasteiger partial charge in [-0.3, -0.25) is 0 Å². The SMILES string of the molecule is CCCCCC1CCC(c2ccc(-c3ccc(OCC)cc3F)c(F)c2F)CO1. The van der Waals surface area contributed by atoms with E-state index in [1.165, 1.54) is 31.0 Å². The Morgan fingerprint density at radius 1 is 0.966 bits per heavy atom. The van der Waals surface area contributed by atoms with Crippen molar-refractivity contribution in [1.29, 1.82) is 0 Å². The number of halogens is 3. The van der Waals surface area contributed by atoms with Crippen molar-refractivity contribution in [2.45, 2.75) is 64.4 Å². The van der Waals surface area contributed by atoms with Crippen LogP contribution in [0.25, 0.3) is 11.1 Å². The predicted molar refractivity (Wildman–Crippen MR) is 109 cm³/mol. The highest BCUT2D eigenvalue weighted by molar-refractivity contribution is 5.66. The quantitative estimate of drug-likeness (QED) is 0.439. The van der Waals surface area contributed by atoms with Gasteiger partial charge in [0.05, 0.1) is 19.3 Å². The summed E-state index contributed by atoms with van der Waals surface area (Å²) in [4.78, 5) is 0. The highest BCUT2D eigenvalue weighted by Gasteiger charge is 2.27. The minimum atomic E-state index is -1.02. The second-order valence-electron chi connectivity index (χ2n) is 7.63. The van der Waals surface area contributed by atoms with Crippen LogP contribution in [0.5, 0.6) is 5.75 Å². The van der Waals surface area contributed by atoms with Crippen molar-refractivity contribution in [3.63, 3.8) is 0 Å². The Morgan fingerprint density at radius 2 is 1.76 bits per heavy atom. The van der Waals surface area contributed by atoms with Crippen molar-refractivity contribution in [1.82, 2.24) is 0 Å².